The molecule has 1 aromatic heterocycles. The van der Waals surface area contributed by atoms with Gasteiger partial charge in [-0.25, -0.2) is 13.8 Å². The van der Waals surface area contributed by atoms with Crippen LogP contribution in [0.5, 0.6) is 0 Å². The van der Waals surface area contributed by atoms with Crippen molar-refractivity contribution in [2.75, 3.05) is 0 Å². The van der Waals surface area contributed by atoms with E-state index in [0.29, 0.717) is 0 Å². The molecule has 0 spiro atoms. The molecule has 0 bridgehead atoms. The number of aromatic nitrogens is 1. The highest BCUT2D eigenvalue weighted by atomic mass is 79.9. The summed E-state index contributed by atoms with van der Waals surface area (Å²) in [6.07, 6.45) is -3.53. The van der Waals surface area contributed by atoms with E-state index >= 15 is 0 Å². The number of carbonyl (C=O) groups is 1. The number of carboxylic acids is 1. The molecule has 0 amide bonds. The van der Waals surface area contributed by atoms with Gasteiger partial charge in [0.2, 0.25) is 5.95 Å². The Labute approximate surface area is 97.4 Å². The Balaban J connectivity index is 3.32. The van der Waals surface area contributed by atoms with Crippen LogP contribution in [0.2, 0.25) is 0 Å². The van der Waals surface area contributed by atoms with Crippen LogP contribution in [-0.4, -0.2) is 16.1 Å². The topological polar surface area (TPSA) is 50.2 Å². The van der Waals surface area contributed by atoms with Crippen LogP contribution in [0, 0.1) is 5.95 Å². The predicted octanol–water partition coefficient (Wildman–Crippen LogP) is 2.68. The third kappa shape index (κ3) is 2.94. The first-order valence-corrected chi connectivity index (χ1v) is 5.32. The maximum Gasteiger partial charge on any atom is 0.307 e. The molecule has 0 aromatic carbocycles. The Morgan fingerprint density at radius 1 is 1.56 bits per heavy atom. The predicted molar refractivity (Wildman–Crippen MR) is 53.1 cm³/mol. The third-order valence-electron chi connectivity index (χ3n) is 1.88. The summed E-state index contributed by atoms with van der Waals surface area (Å²) in [5.41, 5.74) is -0.934. The van der Waals surface area contributed by atoms with E-state index in [1.165, 1.54) is 0 Å². The molecule has 16 heavy (non-hydrogen) atoms. The Bertz CT molecular complexity index is 412. The highest BCUT2D eigenvalue weighted by molar-refractivity contribution is 9.08. The van der Waals surface area contributed by atoms with E-state index in [0.717, 1.165) is 6.07 Å². The molecule has 0 saturated heterocycles. The van der Waals surface area contributed by atoms with E-state index in [-0.39, 0.29) is 16.6 Å². The van der Waals surface area contributed by atoms with Crippen molar-refractivity contribution in [2.24, 2.45) is 0 Å². The lowest BCUT2D eigenvalue weighted by Crippen LogP contribution is -2.09. The van der Waals surface area contributed by atoms with Gasteiger partial charge in [-0.05, 0) is 11.6 Å². The van der Waals surface area contributed by atoms with Crippen molar-refractivity contribution in [2.45, 2.75) is 18.2 Å². The number of aliphatic carboxylic acids is 1. The molecular weight excluding hydrogens is 291 g/mol. The smallest absolute Gasteiger partial charge is 0.307 e. The van der Waals surface area contributed by atoms with Crippen LogP contribution in [0.1, 0.15) is 23.2 Å². The van der Waals surface area contributed by atoms with Gasteiger partial charge in [0.1, 0.15) is 0 Å². The fraction of sp³-hybridized carbons (Fsp3) is 0.333. The van der Waals surface area contributed by atoms with E-state index in [9.17, 15) is 18.0 Å². The Kier molecular flexibility index (Phi) is 4.28. The molecular formula is C9H7BrF3NO2. The van der Waals surface area contributed by atoms with Gasteiger partial charge in [0.15, 0.2) is 0 Å². The number of alkyl halides is 3. The van der Waals surface area contributed by atoms with Gasteiger partial charge in [0, 0.05) is 10.9 Å². The molecule has 7 heteroatoms. The fourth-order valence-electron chi connectivity index (χ4n) is 1.31. The highest BCUT2D eigenvalue weighted by Crippen LogP contribution is 2.28. The van der Waals surface area contributed by atoms with Crippen molar-refractivity contribution in [1.82, 2.24) is 4.98 Å². The summed E-state index contributed by atoms with van der Waals surface area (Å²) in [6, 6.07) is 0.724. The Hall–Kier alpha value is -1.11. The zero-order chi connectivity index (χ0) is 12.3. The number of halogens is 4. The van der Waals surface area contributed by atoms with E-state index in [2.05, 4.69) is 20.9 Å². The lowest BCUT2D eigenvalue weighted by Gasteiger charge is -2.10. The first-order valence-electron chi connectivity index (χ1n) is 4.19. The van der Waals surface area contributed by atoms with Crippen molar-refractivity contribution in [3.8, 4) is 0 Å². The van der Waals surface area contributed by atoms with Crippen LogP contribution in [0.4, 0.5) is 13.2 Å². The fourth-order valence-corrected chi connectivity index (χ4v) is 1.73. The number of nitrogens with zero attached hydrogens (tertiary/aromatic N) is 1. The van der Waals surface area contributed by atoms with Crippen LogP contribution in [-0.2, 0) is 16.5 Å². The van der Waals surface area contributed by atoms with Crippen LogP contribution >= 0.6 is 15.9 Å². The van der Waals surface area contributed by atoms with Crippen LogP contribution in [0.15, 0.2) is 6.07 Å². The summed E-state index contributed by atoms with van der Waals surface area (Å²) in [6.45, 7) is 0. The van der Waals surface area contributed by atoms with Crippen molar-refractivity contribution >= 4 is 21.9 Å². The number of carboxylic acid groups (broad SMARTS) is 1. The number of rotatable bonds is 4. The van der Waals surface area contributed by atoms with Crippen LogP contribution < -0.4 is 0 Å². The SMILES string of the molecule is O=C(O)Cc1cc(F)nc(CBr)c1C(F)F. The van der Waals surface area contributed by atoms with Gasteiger partial charge in [-0.3, -0.25) is 4.79 Å². The second-order valence-corrected chi connectivity index (χ2v) is 3.53. The molecule has 1 rings (SSSR count). The first-order chi connectivity index (χ1) is 7.45. The van der Waals surface area contributed by atoms with Gasteiger partial charge < -0.3 is 5.11 Å². The van der Waals surface area contributed by atoms with Crippen molar-refractivity contribution in [1.29, 1.82) is 0 Å². The Morgan fingerprint density at radius 2 is 2.19 bits per heavy atom. The van der Waals surface area contributed by atoms with E-state index in [1.54, 1.807) is 0 Å². The molecule has 0 aliphatic heterocycles. The Morgan fingerprint density at radius 3 is 2.62 bits per heavy atom. The summed E-state index contributed by atoms with van der Waals surface area (Å²) in [4.78, 5) is 13.7. The maximum atomic E-state index is 12.9. The molecule has 0 saturated carbocycles. The van der Waals surface area contributed by atoms with Gasteiger partial charge in [-0.2, -0.15) is 4.39 Å². The van der Waals surface area contributed by atoms with E-state index in [1.807, 2.05) is 0 Å². The minimum atomic E-state index is -2.88. The zero-order valence-corrected chi connectivity index (χ0v) is 9.47. The molecule has 1 heterocycles. The van der Waals surface area contributed by atoms with Crippen LogP contribution in [0.3, 0.4) is 0 Å². The van der Waals surface area contributed by atoms with Gasteiger partial charge >= 0.3 is 5.97 Å². The number of hydrogen-bond acceptors (Lipinski definition) is 2. The minimum Gasteiger partial charge on any atom is -0.481 e. The summed E-state index contributed by atoms with van der Waals surface area (Å²) in [7, 11) is 0. The quantitative estimate of drug-likeness (QED) is 0.687. The molecule has 0 atom stereocenters. The van der Waals surface area contributed by atoms with Gasteiger partial charge in [0.25, 0.3) is 6.43 Å². The molecule has 1 aromatic rings. The van der Waals surface area contributed by atoms with Crippen molar-refractivity contribution in [3.05, 3.63) is 28.8 Å². The summed E-state index contributed by atoms with van der Waals surface area (Å²) in [5.74, 6) is -2.26. The highest BCUT2D eigenvalue weighted by Gasteiger charge is 2.21. The molecule has 1 N–H and O–H groups in total. The summed E-state index contributed by atoms with van der Waals surface area (Å²) < 4.78 is 38.3. The molecule has 0 radical (unpaired) electrons. The standard InChI is InChI=1S/C9H7BrF3NO2/c10-3-5-8(9(12)13)4(2-7(15)16)1-6(11)14-5/h1,9H,2-3H2,(H,15,16). The first kappa shape index (κ1) is 13.0. The summed E-state index contributed by atoms with van der Waals surface area (Å²) in [5, 5.41) is 8.47. The lowest BCUT2D eigenvalue weighted by molar-refractivity contribution is -0.136. The maximum absolute atomic E-state index is 12.9. The molecule has 88 valence electrons. The number of pyridine rings is 1. The second-order valence-electron chi connectivity index (χ2n) is 2.97. The molecule has 0 unspecified atom stereocenters. The second kappa shape index (κ2) is 5.29. The van der Waals surface area contributed by atoms with Crippen molar-refractivity contribution < 1.29 is 23.1 Å². The zero-order valence-electron chi connectivity index (χ0n) is 7.88. The molecule has 0 fully saturated rings. The normalized spacial score (nSPS) is 10.8. The summed E-state index contributed by atoms with van der Waals surface area (Å²) >= 11 is 2.90. The van der Waals surface area contributed by atoms with Gasteiger partial charge in [-0.15, -0.1) is 0 Å². The third-order valence-corrected chi connectivity index (χ3v) is 2.41. The minimum absolute atomic E-state index is 0.0585. The average molecular weight is 298 g/mol. The number of hydrogen-bond donors (Lipinski definition) is 1. The molecule has 3 nitrogen and oxygen atoms in total. The average Bonchev–Trinajstić information content (AvgIpc) is 2.14. The largest absolute Gasteiger partial charge is 0.481 e. The molecule has 0 aliphatic carbocycles. The van der Waals surface area contributed by atoms with Crippen molar-refractivity contribution in [3.63, 3.8) is 0 Å². The van der Waals surface area contributed by atoms with E-state index < -0.39 is 30.3 Å². The molecule has 0 aliphatic rings. The van der Waals surface area contributed by atoms with Gasteiger partial charge in [-0.1, -0.05) is 15.9 Å². The van der Waals surface area contributed by atoms with Crippen LogP contribution in [0.25, 0.3) is 0 Å². The monoisotopic (exact) mass is 297 g/mol. The lowest BCUT2D eigenvalue weighted by atomic mass is 10.0. The van der Waals surface area contributed by atoms with Gasteiger partial charge in [0.05, 0.1) is 12.1 Å². The van der Waals surface area contributed by atoms with E-state index in [4.69, 9.17) is 5.11 Å².